The van der Waals surface area contributed by atoms with Crippen molar-refractivity contribution in [1.29, 1.82) is 0 Å². The molecule has 0 aliphatic rings. The lowest BCUT2D eigenvalue weighted by Gasteiger charge is -1.98. The minimum absolute atomic E-state index is 0.325. The largest absolute Gasteiger partial charge is 0.368 e. The van der Waals surface area contributed by atoms with Crippen LogP contribution in [0.3, 0.4) is 0 Å². The Morgan fingerprint density at radius 2 is 2.17 bits per heavy atom. The first-order chi connectivity index (χ1) is 5.75. The molecule has 0 spiro atoms. The van der Waals surface area contributed by atoms with E-state index in [9.17, 15) is 0 Å². The Bertz CT molecular complexity index is 382. The summed E-state index contributed by atoms with van der Waals surface area (Å²) < 4.78 is 0. The minimum atomic E-state index is 0.325. The van der Waals surface area contributed by atoms with E-state index in [0.29, 0.717) is 5.95 Å². The Labute approximate surface area is 70.3 Å². The highest BCUT2D eigenvalue weighted by Gasteiger charge is 1.95. The van der Waals surface area contributed by atoms with Gasteiger partial charge in [-0.3, -0.25) is 0 Å². The van der Waals surface area contributed by atoms with Crippen molar-refractivity contribution >= 4 is 16.9 Å². The number of anilines is 1. The van der Waals surface area contributed by atoms with Gasteiger partial charge in [-0.2, -0.15) is 0 Å². The molecule has 1 aromatic carbocycles. The molecule has 0 aliphatic carbocycles. The van der Waals surface area contributed by atoms with Crippen molar-refractivity contribution in [2.75, 3.05) is 5.73 Å². The Hall–Kier alpha value is -1.64. The van der Waals surface area contributed by atoms with Crippen LogP contribution < -0.4 is 5.73 Å². The number of nitrogen functional groups attached to an aromatic ring is 1. The van der Waals surface area contributed by atoms with E-state index in [1.165, 1.54) is 5.56 Å². The third-order valence-electron chi connectivity index (χ3n) is 1.75. The van der Waals surface area contributed by atoms with E-state index >= 15 is 0 Å². The van der Waals surface area contributed by atoms with Gasteiger partial charge in [0.25, 0.3) is 0 Å². The third kappa shape index (κ3) is 1.09. The molecular formula is C9H9N3. The first-order valence-corrected chi connectivity index (χ1v) is 3.74. The zero-order valence-corrected chi connectivity index (χ0v) is 6.78. The lowest BCUT2D eigenvalue weighted by Crippen LogP contribution is -1.93. The molecule has 0 bridgehead atoms. The van der Waals surface area contributed by atoms with Gasteiger partial charge >= 0.3 is 0 Å². The van der Waals surface area contributed by atoms with Crippen LogP contribution in [-0.2, 0) is 0 Å². The molecule has 0 saturated heterocycles. The van der Waals surface area contributed by atoms with E-state index in [-0.39, 0.29) is 0 Å². The van der Waals surface area contributed by atoms with Gasteiger partial charge in [0.05, 0.1) is 5.52 Å². The maximum absolute atomic E-state index is 5.44. The number of aromatic nitrogens is 2. The molecule has 1 heterocycles. The molecular weight excluding hydrogens is 150 g/mol. The smallest absolute Gasteiger partial charge is 0.220 e. The summed E-state index contributed by atoms with van der Waals surface area (Å²) in [4.78, 5) is 8.00. The molecule has 0 fully saturated rings. The van der Waals surface area contributed by atoms with Crippen LogP contribution in [-0.4, -0.2) is 9.97 Å². The minimum Gasteiger partial charge on any atom is -0.368 e. The average Bonchev–Trinajstić information content (AvgIpc) is 2.05. The normalized spacial score (nSPS) is 10.4. The Balaban J connectivity index is 2.79. The summed E-state index contributed by atoms with van der Waals surface area (Å²) >= 11 is 0. The highest BCUT2D eigenvalue weighted by atomic mass is 15.0. The molecule has 0 saturated carbocycles. The number of nitrogens with zero attached hydrogens (tertiary/aromatic N) is 2. The van der Waals surface area contributed by atoms with Crippen molar-refractivity contribution in [3.8, 4) is 0 Å². The second kappa shape index (κ2) is 2.44. The molecule has 3 heteroatoms. The summed E-state index contributed by atoms with van der Waals surface area (Å²) in [5, 5.41) is 1.03. The molecule has 0 radical (unpaired) electrons. The van der Waals surface area contributed by atoms with E-state index in [1.54, 1.807) is 6.20 Å². The van der Waals surface area contributed by atoms with Crippen LogP contribution in [0, 0.1) is 6.92 Å². The Morgan fingerprint density at radius 1 is 1.33 bits per heavy atom. The lowest BCUT2D eigenvalue weighted by atomic mass is 10.2. The Kier molecular flexibility index (Phi) is 1.43. The van der Waals surface area contributed by atoms with Crippen LogP contribution in [0.15, 0.2) is 24.4 Å². The number of hydrogen-bond acceptors (Lipinski definition) is 3. The van der Waals surface area contributed by atoms with Gasteiger partial charge in [0.1, 0.15) is 0 Å². The van der Waals surface area contributed by atoms with E-state index in [0.717, 1.165) is 10.9 Å². The van der Waals surface area contributed by atoms with Crippen molar-refractivity contribution in [2.24, 2.45) is 0 Å². The predicted octanol–water partition coefficient (Wildman–Crippen LogP) is 1.52. The van der Waals surface area contributed by atoms with Gasteiger partial charge in [0.2, 0.25) is 5.95 Å². The van der Waals surface area contributed by atoms with Crippen LogP contribution in [0.4, 0.5) is 5.95 Å². The van der Waals surface area contributed by atoms with E-state index in [2.05, 4.69) is 9.97 Å². The number of aryl methyl sites for hydroxylation is 1. The summed E-state index contributed by atoms with van der Waals surface area (Å²) in [7, 11) is 0. The van der Waals surface area contributed by atoms with E-state index in [4.69, 9.17) is 5.73 Å². The molecule has 3 nitrogen and oxygen atoms in total. The molecule has 60 valence electrons. The van der Waals surface area contributed by atoms with Crippen molar-refractivity contribution in [3.63, 3.8) is 0 Å². The monoisotopic (exact) mass is 159 g/mol. The van der Waals surface area contributed by atoms with Crippen LogP contribution in [0.5, 0.6) is 0 Å². The number of hydrogen-bond donors (Lipinski definition) is 1. The fourth-order valence-corrected chi connectivity index (χ4v) is 1.17. The SMILES string of the molecule is Cc1ccc2nc(N)ncc2c1. The number of nitrogens with two attached hydrogens (primary N) is 1. The highest BCUT2D eigenvalue weighted by Crippen LogP contribution is 2.12. The Morgan fingerprint density at radius 3 is 3.00 bits per heavy atom. The fraction of sp³-hybridized carbons (Fsp3) is 0.111. The van der Waals surface area contributed by atoms with Gasteiger partial charge in [-0.25, -0.2) is 9.97 Å². The van der Waals surface area contributed by atoms with Crippen LogP contribution in [0.2, 0.25) is 0 Å². The predicted molar refractivity (Wildman–Crippen MR) is 48.7 cm³/mol. The summed E-state index contributed by atoms with van der Waals surface area (Å²) in [6.45, 7) is 2.04. The standard InChI is InChI=1S/C9H9N3/c1-6-2-3-8-7(4-6)5-11-9(10)12-8/h2-5H,1H3,(H2,10,11,12). The summed E-state index contributed by atoms with van der Waals surface area (Å²) in [5.74, 6) is 0.325. The maximum Gasteiger partial charge on any atom is 0.220 e. The molecule has 0 unspecified atom stereocenters. The van der Waals surface area contributed by atoms with Gasteiger partial charge in [-0.05, 0) is 19.1 Å². The van der Waals surface area contributed by atoms with Gasteiger partial charge in [0, 0.05) is 11.6 Å². The van der Waals surface area contributed by atoms with Crippen LogP contribution in [0.1, 0.15) is 5.56 Å². The zero-order valence-electron chi connectivity index (χ0n) is 6.78. The molecule has 0 aliphatic heterocycles. The molecule has 0 atom stereocenters. The van der Waals surface area contributed by atoms with Crippen molar-refractivity contribution < 1.29 is 0 Å². The van der Waals surface area contributed by atoms with Crippen molar-refractivity contribution in [1.82, 2.24) is 9.97 Å². The first kappa shape index (κ1) is 7.03. The number of fused-ring (bicyclic) bond motifs is 1. The lowest BCUT2D eigenvalue weighted by molar-refractivity contribution is 1.24. The quantitative estimate of drug-likeness (QED) is 0.634. The number of benzene rings is 1. The molecule has 2 aromatic rings. The van der Waals surface area contributed by atoms with Crippen LogP contribution in [0.25, 0.3) is 10.9 Å². The summed E-state index contributed by atoms with van der Waals surface area (Å²) in [5.41, 5.74) is 7.54. The van der Waals surface area contributed by atoms with Crippen LogP contribution >= 0.6 is 0 Å². The van der Waals surface area contributed by atoms with E-state index in [1.807, 2.05) is 25.1 Å². The van der Waals surface area contributed by atoms with Gasteiger partial charge in [-0.15, -0.1) is 0 Å². The molecule has 2 rings (SSSR count). The second-order valence-electron chi connectivity index (χ2n) is 2.79. The molecule has 12 heavy (non-hydrogen) atoms. The van der Waals surface area contributed by atoms with Crippen molar-refractivity contribution in [2.45, 2.75) is 6.92 Å². The third-order valence-corrected chi connectivity index (χ3v) is 1.75. The summed E-state index contributed by atoms with van der Waals surface area (Å²) in [6.07, 6.45) is 1.74. The number of rotatable bonds is 0. The van der Waals surface area contributed by atoms with E-state index < -0.39 is 0 Å². The van der Waals surface area contributed by atoms with Gasteiger partial charge in [-0.1, -0.05) is 11.6 Å². The molecule has 2 N–H and O–H groups in total. The first-order valence-electron chi connectivity index (χ1n) is 3.74. The van der Waals surface area contributed by atoms with Gasteiger partial charge < -0.3 is 5.73 Å². The topological polar surface area (TPSA) is 51.8 Å². The maximum atomic E-state index is 5.44. The summed E-state index contributed by atoms with van der Waals surface area (Å²) in [6, 6.07) is 5.99. The van der Waals surface area contributed by atoms with Crippen molar-refractivity contribution in [3.05, 3.63) is 30.0 Å². The fourth-order valence-electron chi connectivity index (χ4n) is 1.17. The molecule has 0 amide bonds. The zero-order chi connectivity index (χ0) is 8.55. The average molecular weight is 159 g/mol. The highest BCUT2D eigenvalue weighted by molar-refractivity contribution is 5.79. The van der Waals surface area contributed by atoms with Gasteiger partial charge in [0.15, 0.2) is 0 Å². The molecule has 1 aromatic heterocycles. The second-order valence-corrected chi connectivity index (χ2v) is 2.79.